The SMILES string of the molecule is C/C=C(\C=C/CC1CCCCC1)C(N)(c1ccccc1)c1ccc(OC)cc1.C=C.CCCCc1nc(Cl)c(CO)n1Cc1ccc(-c2ccccc2C(=N)N)cc1. The van der Waals surface area contributed by atoms with E-state index in [2.05, 4.69) is 86.6 Å². The van der Waals surface area contributed by atoms with E-state index in [-0.39, 0.29) is 12.4 Å². The zero-order valence-corrected chi connectivity index (χ0v) is 35.4. The summed E-state index contributed by atoms with van der Waals surface area (Å²) in [5.74, 6) is 2.63. The molecule has 0 aliphatic heterocycles. The summed E-state index contributed by atoms with van der Waals surface area (Å²) in [4.78, 5) is 4.44. The van der Waals surface area contributed by atoms with Crippen LogP contribution in [-0.4, -0.2) is 27.6 Å². The molecular formula is C50H62ClN5O2. The van der Waals surface area contributed by atoms with Crippen molar-refractivity contribution in [3.05, 3.63) is 179 Å². The first-order valence-electron chi connectivity index (χ1n) is 20.4. The van der Waals surface area contributed by atoms with Crippen molar-refractivity contribution < 1.29 is 9.84 Å². The first-order chi connectivity index (χ1) is 28.2. The van der Waals surface area contributed by atoms with Crippen LogP contribution in [0.1, 0.15) is 99.0 Å². The Hall–Kier alpha value is -5.21. The van der Waals surface area contributed by atoms with Gasteiger partial charge in [0.2, 0.25) is 0 Å². The lowest BCUT2D eigenvalue weighted by Gasteiger charge is -2.33. The average Bonchev–Trinajstić information content (AvgIpc) is 3.58. The number of hydrogen-bond donors (Lipinski definition) is 4. The highest BCUT2D eigenvalue weighted by atomic mass is 35.5. The molecule has 1 aromatic heterocycles. The molecule has 1 aliphatic carbocycles. The molecule has 1 unspecified atom stereocenters. The third-order valence-corrected chi connectivity index (χ3v) is 11.2. The molecule has 8 heteroatoms. The molecule has 5 aromatic rings. The number of nitrogens with one attached hydrogen (secondary N) is 1. The zero-order valence-electron chi connectivity index (χ0n) is 34.6. The van der Waals surface area contributed by atoms with Crippen LogP contribution >= 0.6 is 11.6 Å². The van der Waals surface area contributed by atoms with Crippen molar-refractivity contribution in [3.63, 3.8) is 0 Å². The van der Waals surface area contributed by atoms with Crippen LogP contribution in [0.15, 0.2) is 140 Å². The van der Waals surface area contributed by atoms with Gasteiger partial charge in [-0.3, -0.25) is 5.41 Å². The molecule has 1 aliphatic rings. The van der Waals surface area contributed by atoms with E-state index in [9.17, 15) is 5.11 Å². The molecule has 1 saturated carbocycles. The molecule has 0 saturated heterocycles. The first kappa shape index (κ1) is 45.5. The number of amidine groups is 1. The minimum absolute atomic E-state index is 0.0564. The van der Waals surface area contributed by atoms with Crippen molar-refractivity contribution in [2.75, 3.05) is 7.11 Å². The van der Waals surface area contributed by atoms with Gasteiger partial charge in [0.05, 0.1) is 24.9 Å². The van der Waals surface area contributed by atoms with E-state index in [1.54, 1.807) is 7.11 Å². The summed E-state index contributed by atoms with van der Waals surface area (Å²) >= 11 is 6.22. The molecule has 58 heavy (non-hydrogen) atoms. The fourth-order valence-electron chi connectivity index (χ4n) is 7.63. The summed E-state index contributed by atoms with van der Waals surface area (Å²) in [6.45, 7) is 10.7. The maximum Gasteiger partial charge on any atom is 0.152 e. The molecule has 306 valence electrons. The predicted molar refractivity (Wildman–Crippen MR) is 244 cm³/mol. The van der Waals surface area contributed by atoms with Crippen LogP contribution in [0, 0.1) is 11.3 Å². The number of ether oxygens (including phenoxy) is 1. The highest BCUT2D eigenvalue weighted by Gasteiger charge is 2.32. The molecule has 6 rings (SSSR count). The number of aromatic nitrogens is 2. The summed E-state index contributed by atoms with van der Waals surface area (Å²) in [6, 6.07) is 34.3. The van der Waals surface area contributed by atoms with E-state index in [4.69, 9.17) is 33.2 Å². The van der Waals surface area contributed by atoms with Gasteiger partial charge in [-0.05, 0) is 71.2 Å². The summed E-state index contributed by atoms with van der Waals surface area (Å²) in [5.41, 5.74) is 19.9. The van der Waals surface area contributed by atoms with Crippen LogP contribution in [-0.2, 0) is 25.1 Å². The van der Waals surface area contributed by atoms with Gasteiger partial charge in [0.1, 0.15) is 17.4 Å². The number of nitrogen functional groups attached to an aromatic ring is 1. The van der Waals surface area contributed by atoms with Crippen molar-refractivity contribution in [3.8, 4) is 16.9 Å². The van der Waals surface area contributed by atoms with E-state index in [1.165, 1.54) is 32.1 Å². The minimum Gasteiger partial charge on any atom is -0.497 e. The van der Waals surface area contributed by atoms with Crippen LogP contribution in [0.2, 0.25) is 5.15 Å². The Bertz CT molecular complexity index is 2070. The molecule has 6 N–H and O–H groups in total. The van der Waals surface area contributed by atoms with Gasteiger partial charge in [0, 0.05) is 18.5 Å². The summed E-state index contributed by atoms with van der Waals surface area (Å²) in [5, 5.41) is 17.9. The smallest absolute Gasteiger partial charge is 0.152 e. The number of nitrogens with two attached hydrogens (primary N) is 2. The normalized spacial score (nSPS) is 14.1. The minimum atomic E-state index is -0.689. The number of allylic oxidation sites excluding steroid dienone is 2. The van der Waals surface area contributed by atoms with Gasteiger partial charge in [-0.25, -0.2) is 4.98 Å². The quantitative estimate of drug-likeness (QED) is 0.0363. The topological polar surface area (TPSA) is 123 Å². The fourth-order valence-corrected chi connectivity index (χ4v) is 7.89. The monoisotopic (exact) mass is 799 g/mol. The van der Waals surface area contributed by atoms with E-state index in [0.29, 0.717) is 17.4 Å². The molecule has 1 fully saturated rings. The lowest BCUT2D eigenvalue weighted by Crippen LogP contribution is -2.39. The van der Waals surface area contributed by atoms with Crippen LogP contribution < -0.4 is 16.2 Å². The number of methoxy groups -OCH3 is 1. The molecule has 1 heterocycles. The molecule has 1 atom stereocenters. The number of benzene rings is 4. The number of rotatable bonds is 15. The van der Waals surface area contributed by atoms with Gasteiger partial charge >= 0.3 is 0 Å². The molecule has 0 amide bonds. The number of nitrogens with zero attached hydrogens (tertiary/aromatic N) is 2. The number of unbranched alkanes of at least 4 members (excludes halogenated alkanes) is 1. The van der Waals surface area contributed by atoms with Crippen molar-refractivity contribution in [2.45, 2.75) is 90.3 Å². The Labute approximate surface area is 351 Å². The summed E-state index contributed by atoms with van der Waals surface area (Å²) in [7, 11) is 1.69. The second kappa shape index (κ2) is 23.3. The average molecular weight is 801 g/mol. The Morgan fingerprint density at radius 3 is 2.19 bits per heavy atom. The van der Waals surface area contributed by atoms with Crippen LogP contribution in [0.3, 0.4) is 0 Å². The standard InChI is InChI=1S/C26H33NO.C22H25ClN4O.C2H4/c1-3-22(16-10-13-21-11-6-4-7-12-21)26(27,23-14-8-5-9-15-23)24-17-19-25(28-2)20-18-24;1-2-3-8-20-26-21(23)19(14-28)27(20)13-15-9-11-16(12-10-15)17-6-4-5-7-18(17)22(24)25;1-2/h3,5,8-10,14-21H,4,6-7,11-13,27H2,1-2H3;4-7,9-12,28H,2-3,8,13-14H2,1H3,(H3,24,25);1-2H2/b16-10-,22-3+;;. The lowest BCUT2D eigenvalue weighted by molar-refractivity contribution is 0.271. The Morgan fingerprint density at radius 2 is 1.59 bits per heavy atom. The number of imidazole rings is 1. The van der Waals surface area contributed by atoms with Gasteiger partial charge in [-0.1, -0.05) is 166 Å². The molecule has 0 spiro atoms. The van der Waals surface area contributed by atoms with Gasteiger partial charge in [0.15, 0.2) is 5.15 Å². The molecule has 4 aromatic carbocycles. The Balaban J connectivity index is 0.000000246. The zero-order chi connectivity index (χ0) is 41.9. The number of aliphatic hydroxyl groups is 1. The van der Waals surface area contributed by atoms with Crippen molar-refractivity contribution in [2.24, 2.45) is 17.4 Å². The highest BCUT2D eigenvalue weighted by Crippen LogP contribution is 2.36. The second-order valence-electron chi connectivity index (χ2n) is 14.6. The number of halogens is 1. The summed E-state index contributed by atoms with van der Waals surface area (Å²) in [6.07, 6.45) is 17.7. The van der Waals surface area contributed by atoms with Crippen molar-refractivity contribution >= 4 is 17.4 Å². The van der Waals surface area contributed by atoms with Crippen LogP contribution in [0.4, 0.5) is 0 Å². The predicted octanol–water partition coefficient (Wildman–Crippen LogP) is 11.5. The van der Waals surface area contributed by atoms with Gasteiger partial charge < -0.3 is 25.9 Å². The van der Waals surface area contributed by atoms with Gasteiger partial charge in [0.25, 0.3) is 0 Å². The molecular weight excluding hydrogens is 738 g/mol. The molecule has 0 radical (unpaired) electrons. The number of aliphatic hydroxyl groups excluding tert-OH is 1. The molecule has 7 nitrogen and oxygen atoms in total. The van der Waals surface area contributed by atoms with E-state index >= 15 is 0 Å². The Morgan fingerprint density at radius 1 is 0.948 bits per heavy atom. The van der Waals surface area contributed by atoms with E-state index in [1.807, 2.05) is 71.3 Å². The van der Waals surface area contributed by atoms with Crippen molar-refractivity contribution in [1.29, 1.82) is 5.41 Å². The van der Waals surface area contributed by atoms with E-state index < -0.39 is 5.54 Å². The maximum absolute atomic E-state index is 9.71. The van der Waals surface area contributed by atoms with Crippen LogP contribution in [0.25, 0.3) is 11.1 Å². The largest absolute Gasteiger partial charge is 0.497 e. The number of hydrogen-bond acceptors (Lipinski definition) is 5. The lowest BCUT2D eigenvalue weighted by atomic mass is 9.77. The summed E-state index contributed by atoms with van der Waals surface area (Å²) < 4.78 is 7.35. The van der Waals surface area contributed by atoms with Crippen LogP contribution in [0.5, 0.6) is 5.75 Å². The van der Waals surface area contributed by atoms with Crippen molar-refractivity contribution in [1.82, 2.24) is 9.55 Å². The first-order valence-corrected chi connectivity index (χ1v) is 20.8. The third kappa shape index (κ3) is 11.7. The number of aryl methyl sites for hydroxylation is 1. The fraction of sp³-hybridized carbons (Fsp3) is 0.320. The second-order valence-corrected chi connectivity index (χ2v) is 14.9. The molecule has 0 bridgehead atoms. The maximum atomic E-state index is 9.71. The van der Waals surface area contributed by atoms with E-state index in [0.717, 1.165) is 82.1 Å². The highest BCUT2D eigenvalue weighted by molar-refractivity contribution is 6.30. The van der Waals surface area contributed by atoms with Gasteiger partial charge in [-0.2, -0.15) is 0 Å². The Kier molecular flexibility index (Phi) is 18.2. The van der Waals surface area contributed by atoms with Gasteiger partial charge in [-0.15, -0.1) is 13.2 Å². The third-order valence-electron chi connectivity index (χ3n) is 10.9.